The number of amides is 1. The third kappa shape index (κ3) is 6.00. The van der Waals surface area contributed by atoms with Crippen molar-refractivity contribution in [2.24, 2.45) is 5.10 Å². The summed E-state index contributed by atoms with van der Waals surface area (Å²) in [5.41, 5.74) is 2.62. The van der Waals surface area contributed by atoms with Crippen molar-refractivity contribution in [3.8, 4) is 11.5 Å². The Morgan fingerprint density at radius 2 is 1.66 bits per heavy atom. The van der Waals surface area contributed by atoms with Crippen LogP contribution in [0.1, 0.15) is 30.5 Å². The third-order valence-corrected chi connectivity index (χ3v) is 5.82. The molecule has 0 bridgehead atoms. The molecule has 180 valence electrons. The maximum Gasteiger partial charge on any atom is 0.347 e. The van der Waals surface area contributed by atoms with Crippen molar-refractivity contribution in [3.63, 3.8) is 0 Å². The van der Waals surface area contributed by atoms with Gasteiger partial charge in [-0.25, -0.2) is 9.80 Å². The number of esters is 1. The van der Waals surface area contributed by atoms with Crippen molar-refractivity contribution < 1.29 is 23.8 Å². The molecule has 7 nitrogen and oxygen atoms in total. The van der Waals surface area contributed by atoms with E-state index in [2.05, 4.69) is 5.10 Å². The average Bonchev–Trinajstić information content (AvgIpc) is 3.34. The molecule has 35 heavy (non-hydrogen) atoms. The van der Waals surface area contributed by atoms with Gasteiger partial charge in [0, 0.05) is 11.4 Å². The summed E-state index contributed by atoms with van der Waals surface area (Å²) in [4.78, 5) is 25.6. The number of ether oxygens (including phenoxy) is 3. The van der Waals surface area contributed by atoms with E-state index in [1.807, 2.05) is 54.6 Å². The summed E-state index contributed by atoms with van der Waals surface area (Å²) >= 11 is 5.87. The highest BCUT2D eigenvalue weighted by Gasteiger charge is 2.34. The molecule has 0 aliphatic carbocycles. The summed E-state index contributed by atoms with van der Waals surface area (Å²) in [6.07, 6.45) is -0.366. The highest BCUT2D eigenvalue weighted by atomic mass is 35.5. The molecule has 0 radical (unpaired) electrons. The Morgan fingerprint density at radius 3 is 2.31 bits per heavy atom. The van der Waals surface area contributed by atoms with Crippen molar-refractivity contribution in [3.05, 3.63) is 95.0 Å². The molecule has 0 fully saturated rings. The molecule has 0 aromatic heterocycles. The minimum Gasteiger partial charge on any atom is -0.497 e. The second-order valence-corrected chi connectivity index (χ2v) is 8.40. The maximum atomic E-state index is 13.1. The number of carbonyl (C=O) groups is 2. The number of rotatable bonds is 8. The standard InChI is InChI=1S/C27H25ClN2O5/c1-18(35-23-14-10-21(28)11-15-23)27(32)34-17-26(31)30-25(20-8-12-22(33-2)13-9-20)16-24(29-30)19-6-4-3-5-7-19/h3-15,18,25H,16-17H2,1-2H3. The number of halogens is 1. The van der Waals surface area contributed by atoms with Gasteiger partial charge in [0.25, 0.3) is 5.91 Å². The summed E-state index contributed by atoms with van der Waals surface area (Å²) in [5, 5.41) is 6.54. The van der Waals surface area contributed by atoms with Crippen LogP contribution in [-0.2, 0) is 14.3 Å². The van der Waals surface area contributed by atoms with Crippen LogP contribution in [0.5, 0.6) is 11.5 Å². The van der Waals surface area contributed by atoms with E-state index in [0.29, 0.717) is 17.2 Å². The third-order valence-electron chi connectivity index (χ3n) is 5.57. The molecule has 1 aliphatic heterocycles. The van der Waals surface area contributed by atoms with Gasteiger partial charge < -0.3 is 14.2 Å². The Labute approximate surface area is 208 Å². The van der Waals surface area contributed by atoms with Crippen LogP contribution in [-0.4, -0.2) is 42.4 Å². The van der Waals surface area contributed by atoms with E-state index in [-0.39, 0.29) is 6.04 Å². The molecule has 0 saturated carbocycles. The summed E-state index contributed by atoms with van der Waals surface area (Å²) < 4.78 is 16.1. The Bertz CT molecular complexity index is 1200. The smallest absolute Gasteiger partial charge is 0.347 e. The lowest BCUT2D eigenvalue weighted by molar-refractivity contribution is -0.158. The largest absolute Gasteiger partial charge is 0.497 e. The normalized spacial score (nSPS) is 15.8. The monoisotopic (exact) mass is 492 g/mol. The van der Waals surface area contributed by atoms with E-state index in [9.17, 15) is 9.59 Å². The van der Waals surface area contributed by atoms with Gasteiger partial charge in [-0.15, -0.1) is 0 Å². The van der Waals surface area contributed by atoms with Gasteiger partial charge in [0.05, 0.1) is 18.9 Å². The Kier molecular flexibility index (Phi) is 7.67. The number of hydrogen-bond acceptors (Lipinski definition) is 6. The van der Waals surface area contributed by atoms with E-state index in [0.717, 1.165) is 22.6 Å². The average molecular weight is 493 g/mol. The van der Waals surface area contributed by atoms with Crippen LogP contribution in [0.15, 0.2) is 84.0 Å². The number of nitrogens with zero attached hydrogens (tertiary/aromatic N) is 2. The van der Waals surface area contributed by atoms with Gasteiger partial charge in [0.2, 0.25) is 0 Å². The van der Waals surface area contributed by atoms with Crippen LogP contribution in [0, 0.1) is 0 Å². The van der Waals surface area contributed by atoms with Crippen LogP contribution < -0.4 is 9.47 Å². The summed E-state index contributed by atoms with van der Waals surface area (Å²) in [6, 6.07) is 23.5. The molecule has 3 aromatic carbocycles. The molecule has 1 aliphatic rings. The van der Waals surface area contributed by atoms with Crippen molar-refractivity contribution in [2.75, 3.05) is 13.7 Å². The van der Waals surface area contributed by atoms with Gasteiger partial charge in [0.1, 0.15) is 11.5 Å². The summed E-state index contributed by atoms with van der Waals surface area (Å²) in [7, 11) is 1.60. The number of hydrazone groups is 1. The Morgan fingerprint density at radius 1 is 1.00 bits per heavy atom. The second kappa shape index (κ2) is 11.1. The molecule has 0 saturated heterocycles. The first kappa shape index (κ1) is 24.3. The maximum absolute atomic E-state index is 13.1. The molecule has 1 heterocycles. The molecule has 0 N–H and O–H groups in total. The quantitative estimate of drug-likeness (QED) is 0.412. The van der Waals surface area contributed by atoms with Gasteiger partial charge in [-0.05, 0) is 54.4 Å². The molecule has 8 heteroatoms. The molecule has 2 atom stereocenters. The van der Waals surface area contributed by atoms with Gasteiger partial charge in [-0.1, -0.05) is 54.1 Å². The predicted octanol–water partition coefficient (Wildman–Crippen LogP) is 5.04. The van der Waals surface area contributed by atoms with Crippen LogP contribution in [0.4, 0.5) is 0 Å². The number of hydrogen-bond donors (Lipinski definition) is 0. The van der Waals surface area contributed by atoms with Gasteiger partial charge in [0.15, 0.2) is 12.7 Å². The zero-order valence-electron chi connectivity index (χ0n) is 19.4. The van der Waals surface area contributed by atoms with Crippen LogP contribution in [0.2, 0.25) is 5.02 Å². The van der Waals surface area contributed by atoms with Gasteiger partial charge >= 0.3 is 5.97 Å². The van der Waals surface area contributed by atoms with Crippen LogP contribution in [0.25, 0.3) is 0 Å². The SMILES string of the molecule is COc1ccc(C2CC(c3ccccc3)=NN2C(=O)COC(=O)C(C)Oc2ccc(Cl)cc2)cc1. The van der Waals surface area contributed by atoms with Crippen molar-refractivity contribution in [1.82, 2.24) is 5.01 Å². The van der Waals surface area contributed by atoms with Gasteiger partial charge in [-0.3, -0.25) is 4.79 Å². The molecular formula is C27H25ClN2O5. The van der Waals surface area contributed by atoms with E-state index in [1.165, 1.54) is 5.01 Å². The number of methoxy groups -OCH3 is 1. The first-order valence-corrected chi connectivity index (χ1v) is 11.5. The molecule has 3 aromatic rings. The Hall–Kier alpha value is -3.84. The minimum atomic E-state index is -0.900. The lowest BCUT2D eigenvalue weighted by Gasteiger charge is -2.22. The van der Waals surface area contributed by atoms with Gasteiger partial charge in [-0.2, -0.15) is 5.10 Å². The van der Waals surface area contributed by atoms with Crippen LogP contribution >= 0.6 is 11.6 Å². The lowest BCUT2D eigenvalue weighted by atomic mass is 9.98. The topological polar surface area (TPSA) is 77.4 Å². The molecule has 0 spiro atoms. The number of carbonyl (C=O) groups excluding carboxylic acids is 2. The summed E-state index contributed by atoms with van der Waals surface area (Å²) in [5.74, 6) is 0.114. The van der Waals surface area contributed by atoms with E-state index in [4.69, 9.17) is 25.8 Å². The first-order chi connectivity index (χ1) is 16.9. The highest BCUT2D eigenvalue weighted by molar-refractivity contribution is 6.30. The second-order valence-electron chi connectivity index (χ2n) is 7.97. The predicted molar refractivity (Wildman–Crippen MR) is 133 cm³/mol. The van der Waals surface area contributed by atoms with Crippen molar-refractivity contribution in [2.45, 2.75) is 25.5 Å². The zero-order valence-corrected chi connectivity index (χ0v) is 20.1. The molecule has 2 unspecified atom stereocenters. The van der Waals surface area contributed by atoms with E-state index >= 15 is 0 Å². The molecule has 4 rings (SSSR count). The fraction of sp³-hybridized carbons (Fsp3) is 0.222. The van der Waals surface area contributed by atoms with Crippen molar-refractivity contribution in [1.29, 1.82) is 0 Å². The van der Waals surface area contributed by atoms with E-state index < -0.39 is 24.6 Å². The highest BCUT2D eigenvalue weighted by Crippen LogP contribution is 2.33. The fourth-order valence-electron chi connectivity index (χ4n) is 3.71. The molecular weight excluding hydrogens is 468 g/mol. The molecule has 1 amide bonds. The summed E-state index contributed by atoms with van der Waals surface area (Å²) in [6.45, 7) is 1.11. The lowest BCUT2D eigenvalue weighted by Crippen LogP contribution is -2.34. The number of benzene rings is 3. The Balaban J connectivity index is 1.45. The van der Waals surface area contributed by atoms with Crippen molar-refractivity contribution >= 4 is 29.2 Å². The minimum absolute atomic E-state index is 0.329. The fourth-order valence-corrected chi connectivity index (χ4v) is 3.84. The zero-order chi connectivity index (χ0) is 24.8. The van der Waals surface area contributed by atoms with E-state index in [1.54, 1.807) is 38.3 Å². The van der Waals surface area contributed by atoms with Crippen LogP contribution in [0.3, 0.4) is 0 Å². The first-order valence-electron chi connectivity index (χ1n) is 11.1.